The molecule has 0 aliphatic heterocycles. The Kier molecular flexibility index (Phi) is 5.30. The van der Waals surface area contributed by atoms with Crippen molar-refractivity contribution in [1.82, 2.24) is 9.55 Å². The van der Waals surface area contributed by atoms with E-state index in [4.69, 9.17) is 4.74 Å². The highest BCUT2D eigenvalue weighted by atomic mass is 16.5. The summed E-state index contributed by atoms with van der Waals surface area (Å²) in [6.07, 6.45) is 2.32. The molecule has 4 rings (SSSR count). The Morgan fingerprint density at radius 2 is 1.70 bits per heavy atom. The fourth-order valence-electron chi connectivity index (χ4n) is 3.46. The van der Waals surface area contributed by atoms with Gasteiger partial charge in [0.25, 0.3) is 5.56 Å². The van der Waals surface area contributed by atoms with Crippen LogP contribution < -0.4 is 5.56 Å². The lowest BCUT2D eigenvalue weighted by molar-refractivity contribution is 0.0591. The fourth-order valence-corrected chi connectivity index (χ4v) is 3.46. The number of aryl methyl sites for hydroxylation is 2. The Labute approximate surface area is 173 Å². The van der Waals surface area contributed by atoms with Gasteiger partial charge < -0.3 is 14.4 Å². The molecule has 0 spiro atoms. The first-order valence-electron chi connectivity index (χ1n) is 9.54. The third kappa shape index (κ3) is 3.55. The van der Waals surface area contributed by atoms with Gasteiger partial charge in [-0.15, -0.1) is 0 Å². The van der Waals surface area contributed by atoms with Gasteiger partial charge in [0.15, 0.2) is 11.4 Å². The highest BCUT2D eigenvalue weighted by Gasteiger charge is 2.22. The number of methoxy groups -OCH3 is 1. The molecular formula is C24H20N2O4. The minimum absolute atomic E-state index is 0.217. The number of carbonyl (C=O) groups is 1. The number of aromatic hydroxyl groups is 1. The van der Waals surface area contributed by atoms with Crippen LogP contribution in [0.15, 0.2) is 77.7 Å². The van der Waals surface area contributed by atoms with Gasteiger partial charge in [-0.05, 0) is 18.1 Å². The van der Waals surface area contributed by atoms with E-state index in [1.807, 2.05) is 48.5 Å². The van der Waals surface area contributed by atoms with Crippen LogP contribution in [0.1, 0.15) is 16.1 Å². The van der Waals surface area contributed by atoms with Gasteiger partial charge in [0.2, 0.25) is 0 Å². The predicted octanol–water partition coefficient (Wildman–Crippen LogP) is 3.80. The summed E-state index contributed by atoms with van der Waals surface area (Å²) in [6.45, 7) is 0.479. The summed E-state index contributed by atoms with van der Waals surface area (Å²) in [7, 11) is 1.22. The molecule has 0 saturated carbocycles. The minimum atomic E-state index is -0.764. The van der Waals surface area contributed by atoms with Crippen LogP contribution >= 0.6 is 0 Å². The van der Waals surface area contributed by atoms with E-state index in [0.29, 0.717) is 24.2 Å². The minimum Gasteiger partial charge on any atom is -0.505 e. The van der Waals surface area contributed by atoms with Gasteiger partial charge in [0, 0.05) is 23.7 Å². The zero-order valence-electron chi connectivity index (χ0n) is 16.4. The molecule has 2 heterocycles. The molecule has 30 heavy (non-hydrogen) atoms. The van der Waals surface area contributed by atoms with Gasteiger partial charge in [-0.3, -0.25) is 4.79 Å². The third-order valence-electron chi connectivity index (χ3n) is 5.02. The Morgan fingerprint density at radius 1 is 1.03 bits per heavy atom. The van der Waals surface area contributed by atoms with Crippen molar-refractivity contribution in [1.29, 1.82) is 0 Å². The van der Waals surface area contributed by atoms with Crippen molar-refractivity contribution in [3.8, 4) is 17.0 Å². The molecule has 0 radical (unpaired) electrons. The first-order chi connectivity index (χ1) is 14.6. The van der Waals surface area contributed by atoms with Crippen molar-refractivity contribution < 1.29 is 14.6 Å². The van der Waals surface area contributed by atoms with E-state index >= 15 is 0 Å². The second kappa shape index (κ2) is 8.21. The molecule has 4 aromatic rings. The number of hydrogen-bond acceptors (Lipinski definition) is 5. The molecule has 1 N–H and O–H groups in total. The third-order valence-corrected chi connectivity index (χ3v) is 5.02. The summed E-state index contributed by atoms with van der Waals surface area (Å²) in [5.41, 5.74) is 1.63. The summed E-state index contributed by atoms with van der Waals surface area (Å²) < 4.78 is 6.35. The molecule has 0 atom stereocenters. The molecule has 0 bridgehead atoms. The Balaban J connectivity index is 1.90. The number of aromatic nitrogens is 2. The number of fused-ring (bicyclic) bond motifs is 1. The maximum absolute atomic E-state index is 13.3. The monoisotopic (exact) mass is 400 g/mol. The van der Waals surface area contributed by atoms with Gasteiger partial charge in [0.1, 0.15) is 0 Å². The van der Waals surface area contributed by atoms with E-state index in [2.05, 4.69) is 4.98 Å². The molecule has 0 unspecified atom stereocenters. The van der Waals surface area contributed by atoms with Gasteiger partial charge in [-0.1, -0.05) is 60.7 Å². The fraction of sp³-hybridized carbons (Fsp3) is 0.125. The van der Waals surface area contributed by atoms with Gasteiger partial charge in [-0.25, -0.2) is 9.78 Å². The Morgan fingerprint density at radius 3 is 2.37 bits per heavy atom. The second-order valence-electron chi connectivity index (χ2n) is 6.85. The van der Waals surface area contributed by atoms with E-state index in [9.17, 15) is 14.7 Å². The molecule has 150 valence electrons. The van der Waals surface area contributed by atoms with Crippen LogP contribution in [0.3, 0.4) is 0 Å². The number of nitrogens with zero attached hydrogens (tertiary/aromatic N) is 2. The zero-order valence-corrected chi connectivity index (χ0v) is 16.4. The SMILES string of the molecule is COC(=O)c1nc(-c2ccccc2)c2c(=O)n(CCc3ccccc3)ccc2c1O. The van der Waals surface area contributed by atoms with Crippen LogP contribution in [-0.2, 0) is 17.7 Å². The maximum atomic E-state index is 13.3. The van der Waals surface area contributed by atoms with Crippen molar-refractivity contribution >= 4 is 16.7 Å². The first-order valence-corrected chi connectivity index (χ1v) is 9.54. The van der Waals surface area contributed by atoms with Gasteiger partial charge in [0.05, 0.1) is 18.2 Å². The van der Waals surface area contributed by atoms with Crippen molar-refractivity contribution in [2.45, 2.75) is 13.0 Å². The second-order valence-corrected chi connectivity index (χ2v) is 6.85. The van der Waals surface area contributed by atoms with Crippen molar-refractivity contribution in [3.63, 3.8) is 0 Å². The topological polar surface area (TPSA) is 81.4 Å². The Hall–Kier alpha value is -3.93. The number of hydrogen-bond donors (Lipinski definition) is 1. The van der Waals surface area contributed by atoms with Crippen LogP contribution in [0.4, 0.5) is 0 Å². The summed E-state index contributed by atoms with van der Waals surface area (Å²) >= 11 is 0. The largest absolute Gasteiger partial charge is 0.505 e. The van der Waals surface area contributed by atoms with Crippen LogP contribution in [0.25, 0.3) is 22.0 Å². The Bertz CT molecular complexity index is 1270. The number of carbonyl (C=O) groups excluding carboxylic acids is 1. The van der Waals surface area contributed by atoms with Crippen molar-refractivity contribution in [2.75, 3.05) is 7.11 Å². The molecule has 0 aliphatic rings. The number of rotatable bonds is 5. The molecule has 2 aromatic carbocycles. The lowest BCUT2D eigenvalue weighted by Gasteiger charge is -2.13. The van der Waals surface area contributed by atoms with E-state index in [0.717, 1.165) is 5.56 Å². The predicted molar refractivity (Wildman–Crippen MR) is 115 cm³/mol. The van der Waals surface area contributed by atoms with Crippen LogP contribution in [0.5, 0.6) is 5.75 Å². The number of benzene rings is 2. The van der Waals surface area contributed by atoms with E-state index in [1.54, 1.807) is 29.0 Å². The van der Waals surface area contributed by atoms with Gasteiger partial charge >= 0.3 is 5.97 Å². The van der Waals surface area contributed by atoms with Crippen LogP contribution in [-0.4, -0.2) is 27.7 Å². The summed E-state index contributed by atoms with van der Waals surface area (Å²) in [6, 6.07) is 20.6. The summed E-state index contributed by atoms with van der Waals surface area (Å²) in [5.74, 6) is -1.12. The van der Waals surface area contributed by atoms with E-state index in [1.165, 1.54) is 7.11 Å². The lowest BCUT2D eigenvalue weighted by Crippen LogP contribution is -2.22. The van der Waals surface area contributed by atoms with E-state index in [-0.39, 0.29) is 27.8 Å². The van der Waals surface area contributed by atoms with E-state index < -0.39 is 5.97 Å². The summed E-state index contributed by atoms with van der Waals surface area (Å²) in [5, 5.41) is 11.2. The molecule has 0 saturated heterocycles. The molecule has 0 aliphatic carbocycles. The number of pyridine rings is 2. The standard InChI is InChI=1S/C24H20N2O4/c1-30-24(29)21-22(27)18-13-15-26(14-12-16-8-4-2-5-9-16)23(28)19(18)20(25-21)17-10-6-3-7-11-17/h2-11,13,15,27H,12,14H2,1H3. The first kappa shape index (κ1) is 19.4. The summed E-state index contributed by atoms with van der Waals surface area (Å²) in [4.78, 5) is 29.8. The molecular weight excluding hydrogens is 380 g/mol. The molecule has 2 aromatic heterocycles. The average Bonchev–Trinajstić information content (AvgIpc) is 2.80. The van der Waals surface area contributed by atoms with Crippen molar-refractivity contribution in [2.24, 2.45) is 0 Å². The molecule has 0 amide bonds. The van der Waals surface area contributed by atoms with Crippen molar-refractivity contribution in [3.05, 3.63) is 94.5 Å². The quantitative estimate of drug-likeness (QED) is 0.516. The smallest absolute Gasteiger partial charge is 0.360 e. The lowest BCUT2D eigenvalue weighted by atomic mass is 10.0. The van der Waals surface area contributed by atoms with Crippen LogP contribution in [0.2, 0.25) is 0 Å². The highest BCUT2D eigenvalue weighted by Crippen LogP contribution is 2.33. The zero-order chi connectivity index (χ0) is 21.1. The van der Waals surface area contributed by atoms with Gasteiger partial charge in [-0.2, -0.15) is 0 Å². The number of esters is 1. The highest BCUT2D eigenvalue weighted by molar-refractivity contribution is 6.04. The molecule has 0 fully saturated rings. The molecule has 6 heteroatoms. The molecule has 6 nitrogen and oxygen atoms in total. The van der Waals surface area contributed by atoms with Crippen LogP contribution in [0, 0.1) is 0 Å². The maximum Gasteiger partial charge on any atom is 0.360 e. The number of ether oxygens (including phenoxy) is 1. The normalized spacial score (nSPS) is 10.8. The average molecular weight is 400 g/mol.